The lowest BCUT2D eigenvalue weighted by molar-refractivity contribution is -0.148. The molecule has 4 heterocycles. The number of carbonyl (C=O) groups is 3. The van der Waals surface area contributed by atoms with E-state index in [0.717, 1.165) is 21.1 Å². The van der Waals surface area contributed by atoms with Crippen molar-refractivity contribution in [1.29, 1.82) is 0 Å². The van der Waals surface area contributed by atoms with Gasteiger partial charge >= 0.3 is 5.97 Å². The molecule has 2 unspecified atom stereocenters. The molecule has 0 aromatic carbocycles. The number of nitrogen functional groups attached to an aromatic ring is 1. The third-order valence-electron chi connectivity index (χ3n) is 4.31. The van der Waals surface area contributed by atoms with Gasteiger partial charge < -0.3 is 16.0 Å². The number of fused-ring (bicyclic) bond motifs is 3. The van der Waals surface area contributed by atoms with Gasteiger partial charge in [-0.15, -0.1) is 11.8 Å². The molecular formula is C14H11N5O5S2. The first kappa shape index (κ1) is 16.6. The molecule has 3 aliphatic rings. The smallest absolute Gasteiger partial charge is 0.352 e. The largest absolute Gasteiger partial charge is 0.477 e. The number of hydrogen-bond donors (Lipinski definition) is 3. The Morgan fingerprint density at radius 1 is 1.42 bits per heavy atom. The van der Waals surface area contributed by atoms with E-state index in [9.17, 15) is 19.5 Å². The number of rotatable bonds is 3. The van der Waals surface area contributed by atoms with Crippen molar-refractivity contribution in [1.82, 2.24) is 9.88 Å². The number of anilines is 2. The second kappa shape index (κ2) is 5.57. The first-order valence-electron chi connectivity index (χ1n) is 7.26. The zero-order valence-corrected chi connectivity index (χ0v) is 14.5. The monoisotopic (exact) mass is 393 g/mol. The number of amides is 2. The molecule has 4 N–H and O–H groups in total. The fourth-order valence-electron chi connectivity index (χ4n) is 3.34. The Morgan fingerprint density at radius 2 is 2.15 bits per heavy atom. The normalized spacial score (nSPS) is 26.5. The van der Waals surface area contributed by atoms with Crippen molar-refractivity contribution in [3.8, 4) is 0 Å². The number of thioether (sulfide) groups is 1. The van der Waals surface area contributed by atoms with Crippen molar-refractivity contribution in [2.24, 2.45) is 5.16 Å². The van der Waals surface area contributed by atoms with Crippen molar-refractivity contribution >= 4 is 58.0 Å². The Kier molecular flexibility index (Phi) is 3.56. The second-order valence-electron chi connectivity index (χ2n) is 5.57. The highest BCUT2D eigenvalue weighted by Crippen LogP contribution is 2.58. The third-order valence-corrected chi connectivity index (χ3v) is 6.91. The van der Waals surface area contributed by atoms with Crippen LogP contribution in [-0.2, 0) is 14.4 Å². The van der Waals surface area contributed by atoms with Gasteiger partial charge in [-0.05, 0) is 0 Å². The summed E-state index contributed by atoms with van der Waals surface area (Å²) >= 11 is 2.44. The highest BCUT2D eigenvalue weighted by molar-refractivity contribution is 8.00. The highest BCUT2D eigenvalue weighted by atomic mass is 32.2. The van der Waals surface area contributed by atoms with E-state index in [0.29, 0.717) is 16.7 Å². The molecule has 1 aromatic rings. The van der Waals surface area contributed by atoms with E-state index in [2.05, 4.69) is 16.7 Å². The minimum atomic E-state index is -1.25. The van der Waals surface area contributed by atoms with Gasteiger partial charge in [0.2, 0.25) is 0 Å². The summed E-state index contributed by atoms with van der Waals surface area (Å²) in [4.78, 5) is 44.0. The van der Waals surface area contributed by atoms with Crippen LogP contribution in [0.4, 0.5) is 10.9 Å². The Balaban J connectivity index is 1.99. The van der Waals surface area contributed by atoms with Crippen LogP contribution in [0.15, 0.2) is 29.1 Å². The quantitative estimate of drug-likeness (QED) is 0.289. The molecule has 10 nitrogen and oxygen atoms in total. The number of carbonyl (C=O) groups excluding carboxylic acids is 2. The number of nitrogens with zero attached hydrogens (tertiary/aromatic N) is 4. The van der Waals surface area contributed by atoms with Crippen LogP contribution in [0.1, 0.15) is 10.1 Å². The number of thiazole rings is 1. The van der Waals surface area contributed by atoms with E-state index >= 15 is 0 Å². The molecule has 0 saturated carbocycles. The Hall–Kier alpha value is -2.86. The van der Waals surface area contributed by atoms with Crippen LogP contribution in [0.5, 0.6) is 0 Å². The predicted octanol–water partition coefficient (Wildman–Crippen LogP) is 0.381. The first-order valence-corrected chi connectivity index (χ1v) is 9.01. The van der Waals surface area contributed by atoms with Crippen LogP contribution in [-0.4, -0.2) is 55.6 Å². The van der Waals surface area contributed by atoms with Gasteiger partial charge in [-0.25, -0.2) is 9.78 Å². The van der Waals surface area contributed by atoms with E-state index in [1.807, 2.05) is 0 Å². The molecule has 26 heavy (non-hydrogen) atoms. The van der Waals surface area contributed by atoms with Crippen LogP contribution in [0, 0.1) is 0 Å². The van der Waals surface area contributed by atoms with Gasteiger partial charge in [0.25, 0.3) is 11.8 Å². The zero-order valence-electron chi connectivity index (χ0n) is 12.9. The SMILES string of the molecule is C=CC1=C(C(=O)O)N2C(=O)C3[C@@H]2SC1c1sc(N)nc1N3C(=O)C=NO. The molecule has 2 amide bonds. The number of hydrogen-bond acceptors (Lipinski definition) is 9. The van der Waals surface area contributed by atoms with Crippen LogP contribution < -0.4 is 10.6 Å². The number of nitrogens with two attached hydrogens (primary N) is 1. The molecule has 0 spiro atoms. The summed E-state index contributed by atoms with van der Waals surface area (Å²) in [5.41, 5.74) is 6.01. The average Bonchev–Trinajstić information content (AvgIpc) is 2.95. The minimum absolute atomic E-state index is 0.155. The second-order valence-corrected chi connectivity index (χ2v) is 7.85. The molecule has 0 aliphatic carbocycles. The van der Waals surface area contributed by atoms with E-state index in [1.165, 1.54) is 17.8 Å². The maximum Gasteiger partial charge on any atom is 0.352 e. The molecule has 134 valence electrons. The number of aromatic nitrogens is 1. The number of aliphatic carboxylic acids is 1. The fourth-order valence-corrected chi connectivity index (χ4v) is 6.06. The molecule has 1 aromatic heterocycles. The van der Waals surface area contributed by atoms with Gasteiger partial charge in [-0.3, -0.25) is 19.4 Å². The summed E-state index contributed by atoms with van der Waals surface area (Å²) in [6, 6.07) is -0.962. The van der Waals surface area contributed by atoms with Gasteiger partial charge in [0, 0.05) is 5.57 Å². The van der Waals surface area contributed by atoms with E-state index in [4.69, 9.17) is 10.9 Å². The van der Waals surface area contributed by atoms with Gasteiger partial charge in [0.15, 0.2) is 10.9 Å². The van der Waals surface area contributed by atoms with Gasteiger partial charge in [-0.2, -0.15) is 0 Å². The average molecular weight is 393 g/mol. The van der Waals surface area contributed by atoms with Crippen LogP contribution >= 0.6 is 23.1 Å². The van der Waals surface area contributed by atoms with Crippen LogP contribution in [0.2, 0.25) is 0 Å². The van der Waals surface area contributed by atoms with Gasteiger partial charge in [0.1, 0.15) is 23.3 Å². The number of allylic oxidation sites excluding steroid dienone is 1. The minimum Gasteiger partial charge on any atom is -0.477 e. The van der Waals surface area contributed by atoms with Crippen LogP contribution in [0.3, 0.4) is 0 Å². The summed E-state index contributed by atoms with van der Waals surface area (Å²) < 4.78 is 0. The van der Waals surface area contributed by atoms with Crippen molar-refractivity contribution < 1.29 is 24.7 Å². The molecule has 0 radical (unpaired) electrons. The van der Waals surface area contributed by atoms with Gasteiger partial charge in [0.05, 0.1) is 10.1 Å². The molecule has 1 saturated heterocycles. The highest BCUT2D eigenvalue weighted by Gasteiger charge is 2.61. The van der Waals surface area contributed by atoms with Crippen molar-refractivity contribution in [2.45, 2.75) is 16.7 Å². The van der Waals surface area contributed by atoms with Crippen LogP contribution in [0.25, 0.3) is 0 Å². The van der Waals surface area contributed by atoms with E-state index in [1.54, 1.807) is 0 Å². The van der Waals surface area contributed by atoms with E-state index < -0.39 is 34.4 Å². The lowest BCUT2D eigenvalue weighted by Crippen LogP contribution is -2.71. The van der Waals surface area contributed by atoms with Crippen molar-refractivity contribution in [3.05, 3.63) is 28.8 Å². The maximum absolute atomic E-state index is 12.7. The molecule has 2 bridgehead atoms. The maximum atomic E-state index is 12.7. The molecule has 1 fully saturated rings. The van der Waals surface area contributed by atoms with Crippen molar-refractivity contribution in [3.63, 3.8) is 0 Å². The Bertz CT molecular complexity index is 938. The third kappa shape index (κ3) is 1.96. The predicted molar refractivity (Wildman–Crippen MR) is 93.9 cm³/mol. The lowest BCUT2D eigenvalue weighted by atomic mass is 10.0. The van der Waals surface area contributed by atoms with Crippen molar-refractivity contribution in [2.75, 3.05) is 10.6 Å². The lowest BCUT2D eigenvalue weighted by Gasteiger charge is -2.51. The number of carboxylic acid groups (broad SMARTS) is 1. The number of β-lactam (4-membered cyclic amide) rings is 1. The standard InChI is InChI=1S/C14H11N5O5S2/c1-2-4-6(13(22)23)19-11(21)7-12(19)25-8(4)9-10(17-14(15)26-9)18(7)5(20)3-16-24/h2-3,7-8,12,24H,1H2,(H2,15,17)(H,22,23)/t7?,8?,12-/m0/s1. The molecule has 4 rings (SSSR count). The molecule has 12 heteroatoms. The Morgan fingerprint density at radius 3 is 2.77 bits per heavy atom. The summed E-state index contributed by atoms with van der Waals surface area (Å²) in [5, 5.41) is 20.2. The van der Waals surface area contributed by atoms with E-state index in [-0.39, 0.29) is 16.6 Å². The van der Waals surface area contributed by atoms with Gasteiger partial charge in [-0.1, -0.05) is 29.1 Å². The summed E-state index contributed by atoms with van der Waals surface area (Å²) in [5.74, 6) is -2.39. The summed E-state index contributed by atoms with van der Waals surface area (Å²) in [6.45, 7) is 3.68. The first-order chi connectivity index (χ1) is 12.4. The Labute approximate surface area is 154 Å². The molecule has 3 atom stereocenters. The summed E-state index contributed by atoms with van der Waals surface area (Å²) in [7, 11) is 0. The molecule has 3 aliphatic heterocycles. The number of carboxylic acids is 1. The topological polar surface area (TPSA) is 149 Å². The summed E-state index contributed by atoms with van der Waals surface area (Å²) in [6.07, 6.45) is 2.06. The number of oxime groups is 1. The zero-order chi connectivity index (χ0) is 18.7. The fraction of sp³-hybridized carbons (Fsp3) is 0.214. The molecular weight excluding hydrogens is 382 g/mol.